The smallest absolute Gasteiger partial charge is 0.00110 e. The summed E-state index contributed by atoms with van der Waals surface area (Å²) in [6.07, 6.45) is 1.05. The highest BCUT2D eigenvalue weighted by Crippen LogP contribution is 2.23. The zero-order chi connectivity index (χ0) is 10.6. The minimum atomic E-state index is 0.652. The molecule has 0 spiro atoms. The second kappa shape index (κ2) is 4.83. The van der Waals surface area contributed by atoms with Crippen LogP contribution in [-0.4, -0.2) is 0 Å². The van der Waals surface area contributed by atoms with Crippen LogP contribution < -0.4 is 0 Å². The van der Waals surface area contributed by atoms with E-state index in [0.29, 0.717) is 5.92 Å². The summed E-state index contributed by atoms with van der Waals surface area (Å²) in [5, 5.41) is 0. The van der Waals surface area contributed by atoms with Crippen molar-refractivity contribution in [2.75, 3.05) is 0 Å². The standard InChI is InChI=1S/C14H18/c1-5-13(10-11(2)3)14-9-7-6-8-12(14)4/h6-9,11H,1,10H2,2-4H3. The maximum Gasteiger partial charge on any atom is 0.00110 e. The van der Waals surface area contributed by atoms with Crippen LogP contribution in [0.4, 0.5) is 0 Å². The van der Waals surface area contributed by atoms with Gasteiger partial charge in [-0.1, -0.05) is 44.7 Å². The first-order chi connectivity index (χ1) is 6.65. The molecule has 14 heavy (non-hydrogen) atoms. The van der Waals surface area contributed by atoms with Crippen molar-refractivity contribution in [2.45, 2.75) is 27.2 Å². The van der Waals surface area contributed by atoms with E-state index in [2.05, 4.69) is 57.3 Å². The Hall–Kier alpha value is -1.26. The summed E-state index contributed by atoms with van der Waals surface area (Å²) < 4.78 is 0. The summed E-state index contributed by atoms with van der Waals surface area (Å²) in [5.74, 6) is 0.652. The Morgan fingerprint density at radius 3 is 2.50 bits per heavy atom. The maximum absolute atomic E-state index is 3.77. The van der Waals surface area contributed by atoms with Crippen LogP contribution in [0.15, 0.2) is 36.6 Å². The Bertz CT molecular complexity index is 352. The van der Waals surface area contributed by atoms with Crippen LogP contribution in [0.1, 0.15) is 31.4 Å². The minimum Gasteiger partial charge on any atom is -0.125 e. The molecule has 0 aliphatic heterocycles. The van der Waals surface area contributed by atoms with E-state index in [4.69, 9.17) is 0 Å². The Morgan fingerprint density at radius 2 is 2.00 bits per heavy atom. The summed E-state index contributed by atoms with van der Waals surface area (Å²) in [4.78, 5) is 0. The van der Waals surface area contributed by atoms with E-state index in [1.54, 1.807) is 0 Å². The van der Waals surface area contributed by atoms with Gasteiger partial charge in [-0.3, -0.25) is 0 Å². The summed E-state index contributed by atoms with van der Waals surface area (Å²) in [7, 11) is 0. The molecule has 1 rings (SSSR count). The molecule has 0 heterocycles. The first-order valence-corrected chi connectivity index (χ1v) is 5.10. The molecule has 0 unspecified atom stereocenters. The molecule has 0 radical (unpaired) electrons. The van der Waals surface area contributed by atoms with E-state index >= 15 is 0 Å². The molecule has 0 amide bonds. The van der Waals surface area contributed by atoms with Crippen LogP contribution in [0.2, 0.25) is 0 Å². The first kappa shape index (κ1) is 10.8. The van der Waals surface area contributed by atoms with Crippen molar-refractivity contribution in [1.29, 1.82) is 0 Å². The van der Waals surface area contributed by atoms with E-state index in [0.717, 1.165) is 6.42 Å². The lowest BCUT2D eigenvalue weighted by Crippen LogP contribution is -1.93. The van der Waals surface area contributed by atoms with Gasteiger partial charge in [-0.05, 0) is 30.4 Å². The van der Waals surface area contributed by atoms with Gasteiger partial charge in [0.2, 0.25) is 0 Å². The molecule has 0 saturated carbocycles. The van der Waals surface area contributed by atoms with Gasteiger partial charge in [0.25, 0.3) is 0 Å². The molecule has 0 bridgehead atoms. The summed E-state index contributed by atoms with van der Waals surface area (Å²) in [6, 6.07) is 8.41. The lowest BCUT2D eigenvalue weighted by molar-refractivity contribution is 0.673. The molecule has 0 aromatic heterocycles. The van der Waals surface area contributed by atoms with Crippen LogP contribution in [0.3, 0.4) is 0 Å². The lowest BCUT2D eigenvalue weighted by atomic mass is 9.94. The molecule has 1 aromatic rings. The van der Waals surface area contributed by atoms with Gasteiger partial charge in [-0.2, -0.15) is 0 Å². The monoisotopic (exact) mass is 186 g/mol. The number of rotatable bonds is 3. The van der Waals surface area contributed by atoms with Gasteiger partial charge in [-0.15, -0.1) is 5.73 Å². The predicted molar refractivity (Wildman–Crippen MR) is 63.2 cm³/mol. The largest absolute Gasteiger partial charge is 0.125 e. The molecule has 74 valence electrons. The summed E-state index contributed by atoms with van der Waals surface area (Å²) in [6.45, 7) is 10.3. The van der Waals surface area contributed by atoms with Crippen molar-refractivity contribution in [2.24, 2.45) is 5.92 Å². The minimum absolute atomic E-state index is 0.652. The van der Waals surface area contributed by atoms with E-state index in [9.17, 15) is 0 Å². The van der Waals surface area contributed by atoms with Crippen molar-refractivity contribution in [3.8, 4) is 0 Å². The molecule has 0 heteroatoms. The Labute approximate surface area is 87.0 Å². The number of aryl methyl sites for hydroxylation is 1. The van der Waals surface area contributed by atoms with Gasteiger partial charge in [0.1, 0.15) is 0 Å². The fourth-order valence-corrected chi connectivity index (χ4v) is 1.60. The molecule has 0 saturated heterocycles. The van der Waals surface area contributed by atoms with E-state index < -0.39 is 0 Å². The molecule has 0 nitrogen and oxygen atoms in total. The second-order valence-corrected chi connectivity index (χ2v) is 4.07. The van der Waals surface area contributed by atoms with E-state index in [1.807, 2.05) is 0 Å². The normalized spacial score (nSPS) is 10.0. The highest BCUT2D eigenvalue weighted by atomic mass is 14.1. The van der Waals surface area contributed by atoms with E-state index in [1.165, 1.54) is 16.7 Å². The van der Waals surface area contributed by atoms with Crippen molar-refractivity contribution >= 4 is 5.57 Å². The summed E-state index contributed by atoms with van der Waals surface area (Å²) in [5.41, 5.74) is 6.88. The van der Waals surface area contributed by atoms with Crippen LogP contribution in [-0.2, 0) is 0 Å². The SMILES string of the molecule is C=C=C(CC(C)C)c1ccccc1C. The van der Waals surface area contributed by atoms with Gasteiger partial charge in [0.15, 0.2) is 0 Å². The van der Waals surface area contributed by atoms with Crippen molar-refractivity contribution < 1.29 is 0 Å². The second-order valence-electron chi connectivity index (χ2n) is 4.07. The molecule has 0 aliphatic rings. The molecular formula is C14H18. The fraction of sp³-hybridized carbons (Fsp3) is 0.357. The van der Waals surface area contributed by atoms with Crippen LogP contribution in [0.25, 0.3) is 5.57 Å². The zero-order valence-electron chi connectivity index (χ0n) is 9.30. The topological polar surface area (TPSA) is 0 Å². The molecule has 1 aromatic carbocycles. The Morgan fingerprint density at radius 1 is 1.36 bits per heavy atom. The Balaban J connectivity index is 3.03. The van der Waals surface area contributed by atoms with Gasteiger partial charge in [0.05, 0.1) is 0 Å². The van der Waals surface area contributed by atoms with Crippen LogP contribution >= 0.6 is 0 Å². The molecule has 0 N–H and O–H groups in total. The number of benzene rings is 1. The zero-order valence-corrected chi connectivity index (χ0v) is 9.30. The highest BCUT2D eigenvalue weighted by molar-refractivity contribution is 5.67. The number of hydrogen-bond acceptors (Lipinski definition) is 0. The summed E-state index contributed by atoms with van der Waals surface area (Å²) >= 11 is 0. The quantitative estimate of drug-likeness (QED) is 0.620. The third-order valence-electron chi connectivity index (χ3n) is 2.30. The Kier molecular flexibility index (Phi) is 3.73. The first-order valence-electron chi connectivity index (χ1n) is 5.10. The van der Waals surface area contributed by atoms with Gasteiger partial charge < -0.3 is 0 Å². The molecule has 0 aliphatic carbocycles. The van der Waals surface area contributed by atoms with Crippen molar-refractivity contribution in [1.82, 2.24) is 0 Å². The average Bonchev–Trinajstić information content (AvgIpc) is 2.15. The van der Waals surface area contributed by atoms with E-state index in [-0.39, 0.29) is 0 Å². The van der Waals surface area contributed by atoms with Crippen LogP contribution in [0.5, 0.6) is 0 Å². The predicted octanol–water partition coefficient (Wildman–Crippen LogP) is 4.21. The van der Waals surface area contributed by atoms with Crippen molar-refractivity contribution in [3.63, 3.8) is 0 Å². The number of hydrogen-bond donors (Lipinski definition) is 0. The third-order valence-corrected chi connectivity index (χ3v) is 2.30. The van der Waals surface area contributed by atoms with Gasteiger partial charge in [-0.25, -0.2) is 0 Å². The maximum atomic E-state index is 3.77. The average molecular weight is 186 g/mol. The fourth-order valence-electron chi connectivity index (χ4n) is 1.60. The van der Waals surface area contributed by atoms with Gasteiger partial charge in [0, 0.05) is 5.57 Å². The molecular weight excluding hydrogens is 168 g/mol. The van der Waals surface area contributed by atoms with Crippen LogP contribution in [0, 0.1) is 12.8 Å². The number of allylic oxidation sites excluding steroid dienone is 1. The molecule has 0 atom stereocenters. The third kappa shape index (κ3) is 2.61. The van der Waals surface area contributed by atoms with Gasteiger partial charge >= 0.3 is 0 Å². The highest BCUT2D eigenvalue weighted by Gasteiger charge is 2.05. The van der Waals surface area contributed by atoms with Crippen molar-refractivity contribution in [3.05, 3.63) is 47.7 Å². The molecule has 0 fully saturated rings. The lowest BCUT2D eigenvalue weighted by Gasteiger charge is -2.10.